The third-order valence-electron chi connectivity index (χ3n) is 3.03. The molecule has 6 heteroatoms. The second kappa shape index (κ2) is 5.09. The second-order valence-electron chi connectivity index (χ2n) is 4.49. The van der Waals surface area contributed by atoms with Crippen LogP contribution in [0.1, 0.15) is 10.4 Å². The van der Waals surface area contributed by atoms with Crippen molar-refractivity contribution >= 4 is 22.9 Å². The van der Waals surface area contributed by atoms with E-state index in [9.17, 15) is 4.79 Å². The van der Waals surface area contributed by atoms with Gasteiger partial charge < -0.3 is 16.5 Å². The molecule has 0 spiro atoms. The molecule has 0 atom stereocenters. The highest BCUT2D eigenvalue weighted by atomic mass is 16.1. The molecule has 0 bridgehead atoms. The van der Waals surface area contributed by atoms with Crippen LogP contribution in [-0.4, -0.2) is 21.8 Å². The molecule has 104 valence electrons. The predicted octanol–water partition coefficient (Wildman–Crippen LogP) is 1.64. The number of rotatable bonds is 2. The Balaban J connectivity index is 2.14. The normalized spacial score (nSPS) is 10.5. The first-order chi connectivity index (χ1) is 10.1. The van der Waals surface area contributed by atoms with Crippen LogP contribution >= 0.6 is 0 Å². The van der Waals surface area contributed by atoms with E-state index < -0.39 is 5.91 Å². The van der Waals surface area contributed by atoms with Crippen molar-refractivity contribution in [3.63, 3.8) is 0 Å². The van der Waals surface area contributed by atoms with E-state index in [2.05, 4.69) is 15.0 Å². The lowest BCUT2D eigenvalue weighted by molar-refractivity contribution is 0.100. The maximum absolute atomic E-state index is 12.1. The standard InChI is InChI=1S/C15H13N5O/c16-15(17)20-14(21)10-6-2-1-5-9(10)13-18-11-7-3-4-8-12(11)19-13/h1-8H,(H,18,19)(H4,16,17,20,21). The minimum absolute atomic E-state index is 0.264. The molecule has 1 heterocycles. The zero-order chi connectivity index (χ0) is 14.8. The number of amides is 1. The fourth-order valence-electron chi connectivity index (χ4n) is 2.13. The smallest absolute Gasteiger partial charge is 0.280 e. The van der Waals surface area contributed by atoms with Crippen LogP contribution in [0.15, 0.2) is 53.5 Å². The van der Waals surface area contributed by atoms with Gasteiger partial charge >= 0.3 is 0 Å². The van der Waals surface area contributed by atoms with Crippen LogP contribution in [0.3, 0.4) is 0 Å². The number of guanidine groups is 1. The molecule has 6 nitrogen and oxygen atoms in total. The number of nitrogens with two attached hydrogens (primary N) is 2. The number of nitrogens with zero attached hydrogens (tertiary/aromatic N) is 2. The van der Waals surface area contributed by atoms with Gasteiger partial charge in [-0.25, -0.2) is 4.98 Å². The lowest BCUT2D eigenvalue weighted by atomic mass is 10.1. The molecule has 0 aliphatic rings. The third kappa shape index (κ3) is 2.46. The van der Waals surface area contributed by atoms with E-state index in [1.165, 1.54) is 0 Å². The van der Waals surface area contributed by atoms with Gasteiger partial charge in [-0.05, 0) is 18.2 Å². The van der Waals surface area contributed by atoms with Crippen LogP contribution in [0.25, 0.3) is 22.4 Å². The number of imidazole rings is 1. The Kier molecular flexibility index (Phi) is 3.12. The summed E-state index contributed by atoms with van der Waals surface area (Å²) in [5.41, 5.74) is 13.3. The number of para-hydroxylation sites is 2. The van der Waals surface area contributed by atoms with Crippen molar-refractivity contribution in [1.82, 2.24) is 9.97 Å². The lowest BCUT2D eigenvalue weighted by Gasteiger charge is -2.03. The molecule has 0 aliphatic carbocycles. The van der Waals surface area contributed by atoms with Crippen molar-refractivity contribution in [2.45, 2.75) is 0 Å². The number of carbonyl (C=O) groups excluding carboxylic acids is 1. The zero-order valence-corrected chi connectivity index (χ0v) is 11.1. The Bertz CT molecular complexity index is 813. The third-order valence-corrected chi connectivity index (χ3v) is 3.03. The van der Waals surface area contributed by atoms with Gasteiger partial charge in [0.25, 0.3) is 5.91 Å². The van der Waals surface area contributed by atoms with Gasteiger partial charge in [-0.2, -0.15) is 4.99 Å². The highest BCUT2D eigenvalue weighted by Gasteiger charge is 2.14. The topological polar surface area (TPSA) is 110 Å². The van der Waals surface area contributed by atoms with Gasteiger partial charge in [0.2, 0.25) is 0 Å². The predicted molar refractivity (Wildman–Crippen MR) is 81.7 cm³/mol. The first kappa shape index (κ1) is 12.9. The number of hydrogen-bond donors (Lipinski definition) is 3. The van der Waals surface area contributed by atoms with Crippen LogP contribution in [0, 0.1) is 0 Å². The highest BCUT2D eigenvalue weighted by Crippen LogP contribution is 2.24. The van der Waals surface area contributed by atoms with Crippen molar-refractivity contribution in [2.24, 2.45) is 16.5 Å². The van der Waals surface area contributed by atoms with E-state index in [0.29, 0.717) is 17.0 Å². The molecule has 5 N–H and O–H groups in total. The Morgan fingerprint density at radius 1 is 1.05 bits per heavy atom. The SMILES string of the molecule is NC(N)=NC(=O)c1ccccc1-c1nc2ccccc2[nH]1. The Hall–Kier alpha value is -3.15. The number of H-pyrrole nitrogens is 1. The van der Waals surface area contributed by atoms with Gasteiger partial charge in [0, 0.05) is 5.56 Å². The minimum Gasteiger partial charge on any atom is -0.370 e. The number of benzene rings is 2. The molecular weight excluding hydrogens is 266 g/mol. The number of hydrogen-bond acceptors (Lipinski definition) is 2. The lowest BCUT2D eigenvalue weighted by Crippen LogP contribution is -2.24. The molecular formula is C15H13N5O. The van der Waals surface area contributed by atoms with Crippen molar-refractivity contribution in [2.75, 3.05) is 0 Å². The van der Waals surface area contributed by atoms with E-state index in [1.54, 1.807) is 18.2 Å². The molecule has 1 amide bonds. The fourth-order valence-corrected chi connectivity index (χ4v) is 2.13. The summed E-state index contributed by atoms with van der Waals surface area (Å²) in [6.07, 6.45) is 0. The van der Waals surface area contributed by atoms with Crippen molar-refractivity contribution in [1.29, 1.82) is 0 Å². The van der Waals surface area contributed by atoms with Gasteiger partial charge in [0.05, 0.1) is 16.6 Å². The van der Waals surface area contributed by atoms with Crippen LogP contribution in [0.5, 0.6) is 0 Å². The molecule has 0 radical (unpaired) electrons. The average Bonchev–Trinajstić information content (AvgIpc) is 2.90. The fraction of sp³-hybridized carbons (Fsp3) is 0. The van der Waals surface area contributed by atoms with Gasteiger partial charge in [0.1, 0.15) is 5.82 Å². The number of aromatic nitrogens is 2. The summed E-state index contributed by atoms with van der Waals surface area (Å²) in [5, 5.41) is 0. The molecule has 21 heavy (non-hydrogen) atoms. The Labute approximate surface area is 120 Å². The molecule has 0 aliphatic heterocycles. The molecule has 3 aromatic rings. The van der Waals surface area contributed by atoms with Crippen molar-refractivity contribution in [3.05, 3.63) is 54.1 Å². The van der Waals surface area contributed by atoms with E-state index >= 15 is 0 Å². The monoisotopic (exact) mass is 279 g/mol. The average molecular weight is 279 g/mol. The number of fused-ring (bicyclic) bond motifs is 1. The second-order valence-corrected chi connectivity index (χ2v) is 4.49. The van der Waals surface area contributed by atoms with E-state index in [0.717, 1.165) is 11.0 Å². The van der Waals surface area contributed by atoms with Crippen molar-refractivity contribution in [3.8, 4) is 11.4 Å². The summed E-state index contributed by atoms with van der Waals surface area (Å²) in [7, 11) is 0. The van der Waals surface area contributed by atoms with Crippen LogP contribution in [0.2, 0.25) is 0 Å². The van der Waals surface area contributed by atoms with Crippen LogP contribution in [-0.2, 0) is 0 Å². The maximum Gasteiger partial charge on any atom is 0.280 e. The molecule has 0 saturated carbocycles. The van der Waals surface area contributed by atoms with Crippen LogP contribution in [0.4, 0.5) is 0 Å². The maximum atomic E-state index is 12.1. The minimum atomic E-state index is -0.494. The van der Waals surface area contributed by atoms with E-state index in [4.69, 9.17) is 11.5 Å². The number of aromatic amines is 1. The molecule has 3 rings (SSSR count). The summed E-state index contributed by atoms with van der Waals surface area (Å²) >= 11 is 0. The first-order valence-corrected chi connectivity index (χ1v) is 6.33. The van der Waals surface area contributed by atoms with Gasteiger partial charge in [-0.15, -0.1) is 0 Å². The zero-order valence-electron chi connectivity index (χ0n) is 11.1. The van der Waals surface area contributed by atoms with E-state index in [1.807, 2.05) is 30.3 Å². The Morgan fingerprint density at radius 3 is 2.52 bits per heavy atom. The van der Waals surface area contributed by atoms with E-state index in [-0.39, 0.29) is 5.96 Å². The van der Waals surface area contributed by atoms with Crippen LogP contribution < -0.4 is 11.5 Å². The molecule has 0 fully saturated rings. The van der Waals surface area contributed by atoms with Gasteiger partial charge in [0.15, 0.2) is 5.96 Å². The number of aliphatic imine (C=N–C) groups is 1. The highest BCUT2D eigenvalue weighted by molar-refractivity contribution is 6.06. The molecule has 2 aromatic carbocycles. The number of nitrogens with one attached hydrogen (secondary N) is 1. The Morgan fingerprint density at radius 2 is 1.76 bits per heavy atom. The number of carbonyl (C=O) groups is 1. The largest absolute Gasteiger partial charge is 0.370 e. The summed E-state index contributed by atoms with van der Waals surface area (Å²) < 4.78 is 0. The first-order valence-electron chi connectivity index (χ1n) is 6.33. The summed E-state index contributed by atoms with van der Waals surface area (Å²) in [6, 6.07) is 14.7. The van der Waals surface area contributed by atoms with Gasteiger partial charge in [-0.3, -0.25) is 4.79 Å². The quantitative estimate of drug-likeness (QED) is 0.489. The van der Waals surface area contributed by atoms with Gasteiger partial charge in [-0.1, -0.05) is 30.3 Å². The molecule has 0 saturated heterocycles. The van der Waals surface area contributed by atoms with Crippen molar-refractivity contribution < 1.29 is 4.79 Å². The summed E-state index contributed by atoms with van der Waals surface area (Å²) in [4.78, 5) is 23.3. The summed E-state index contributed by atoms with van der Waals surface area (Å²) in [5.74, 6) is -0.156. The summed E-state index contributed by atoms with van der Waals surface area (Å²) in [6.45, 7) is 0. The molecule has 0 unspecified atom stereocenters. The molecule has 1 aromatic heterocycles.